The molecule has 0 aliphatic carbocycles. The van der Waals surface area contributed by atoms with Crippen LogP contribution in [0, 0.1) is 5.92 Å². The number of aromatic nitrogens is 2. The molecule has 3 heterocycles. The lowest BCUT2D eigenvalue weighted by molar-refractivity contribution is -0.142. The van der Waals surface area contributed by atoms with Gasteiger partial charge in [-0.2, -0.15) is 0 Å². The monoisotopic (exact) mass is 482 g/mol. The number of hydrogen-bond donors (Lipinski definition) is 2. The lowest BCUT2D eigenvalue weighted by Crippen LogP contribution is -2.54. The van der Waals surface area contributed by atoms with E-state index in [2.05, 4.69) is 38.1 Å². The molecular weight excluding hydrogens is 460 g/mol. The van der Waals surface area contributed by atoms with Gasteiger partial charge in [0.1, 0.15) is 5.69 Å². The fourth-order valence-corrected chi connectivity index (χ4v) is 4.22. The van der Waals surface area contributed by atoms with Crippen LogP contribution < -0.4 is 5.32 Å². The maximum atomic E-state index is 12.9. The van der Waals surface area contributed by atoms with Gasteiger partial charge in [-0.15, -0.1) is 0 Å². The lowest BCUT2D eigenvalue weighted by atomic mass is 9.92. The number of likely N-dealkylation sites (tertiary alicyclic amines) is 1. The van der Waals surface area contributed by atoms with Crippen molar-refractivity contribution in [1.29, 1.82) is 0 Å². The van der Waals surface area contributed by atoms with Crippen molar-refractivity contribution in [3.05, 3.63) is 70.6 Å². The number of rotatable bonds is 4. The summed E-state index contributed by atoms with van der Waals surface area (Å²) in [4.78, 5) is 35.9. The van der Waals surface area contributed by atoms with Crippen molar-refractivity contribution in [1.82, 2.24) is 20.2 Å². The normalized spacial score (nSPS) is 19.8. The van der Waals surface area contributed by atoms with Gasteiger partial charge < -0.3 is 15.3 Å². The quantitative estimate of drug-likeness (QED) is 0.595. The highest BCUT2D eigenvalue weighted by Crippen LogP contribution is 2.23. The van der Waals surface area contributed by atoms with Crippen molar-refractivity contribution in [2.45, 2.75) is 25.5 Å². The molecule has 3 atom stereocenters. The molecule has 1 aromatic carbocycles. The van der Waals surface area contributed by atoms with Crippen molar-refractivity contribution in [2.75, 3.05) is 13.1 Å². The van der Waals surface area contributed by atoms with E-state index >= 15 is 0 Å². The topological polar surface area (TPSA) is 95.4 Å². The summed E-state index contributed by atoms with van der Waals surface area (Å²) in [5, 5.41) is 14.3. The van der Waals surface area contributed by atoms with E-state index in [1.807, 2.05) is 12.1 Å². The zero-order chi connectivity index (χ0) is 22.0. The van der Waals surface area contributed by atoms with Crippen LogP contribution in [0.1, 0.15) is 35.5 Å². The third-order valence-electron chi connectivity index (χ3n) is 5.72. The fourth-order valence-electron chi connectivity index (χ4n) is 3.79. The molecule has 2 aromatic heterocycles. The second-order valence-corrected chi connectivity index (χ2v) is 8.69. The number of pyridine rings is 2. The smallest absolute Gasteiger partial charge is 0.270 e. The predicted octanol–water partition coefficient (Wildman–Crippen LogP) is 3.09. The third-order valence-corrected chi connectivity index (χ3v) is 6.30. The first-order valence-electron chi connectivity index (χ1n) is 10.2. The minimum Gasteiger partial charge on any atom is -0.378 e. The Morgan fingerprint density at radius 1 is 1.19 bits per heavy atom. The molecule has 7 nitrogen and oxygen atoms in total. The van der Waals surface area contributed by atoms with Gasteiger partial charge in [-0.05, 0) is 46.0 Å². The van der Waals surface area contributed by atoms with Gasteiger partial charge in [0.15, 0.2) is 6.10 Å². The molecule has 31 heavy (non-hydrogen) atoms. The number of amides is 2. The summed E-state index contributed by atoms with van der Waals surface area (Å²) in [6.45, 7) is 2.94. The van der Waals surface area contributed by atoms with Gasteiger partial charge in [0, 0.05) is 36.9 Å². The Kier molecular flexibility index (Phi) is 6.29. The SMILES string of the molecule is CC1CCN(C(=O)C(O)c2ccccc2)CC1NC(=O)c1ccc2cncc(Br)c2n1. The van der Waals surface area contributed by atoms with Crippen molar-refractivity contribution < 1.29 is 14.7 Å². The number of carbonyl (C=O) groups excluding carboxylic acids is 2. The highest BCUT2D eigenvalue weighted by Gasteiger charge is 2.33. The molecule has 0 radical (unpaired) electrons. The van der Waals surface area contributed by atoms with E-state index in [-0.39, 0.29) is 23.8 Å². The van der Waals surface area contributed by atoms with Crippen LogP contribution in [0.4, 0.5) is 0 Å². The largest absolute Gasteiger partial charge is 0.378 e. The van der Waals surface area contributed by atoms with Crippen molar-refractivity contribution >= 4 is 38.6 Å². The van der Waals surface area contributed by atoms with E-state index in [1.54, 1.807) is 47.6 Å². The molecular formula is C23H23BrN4O3. The highest BCUT2D eigenvalue weighted by molar-refractivity contribution is 9.10. The number of benzene rings is 1. The molecule has 1 aliphatic rings. The number of carbonyl (C=O) groups is 2. The average Bonchev–Trinajstić information content (AvgIpc) is 2.80. The van der Waals surface area contributed by atoms with E-state index < -0.39 is 6.10 Å². The minimum absolute atomic E-state index is 0.193. The fraction of sp³-hybridized carbons (Fsp3) is 0.304. The minimum atomic E-state index is -1.21. The van der Waals surface area contributed by atoms with Gasteiger partial charge in [-0.1, -0.05) is 37.3 Å². The van der Waals surface area contributed by atoms with Gasteiger partial charge in [0.05, 0.1) is 9.99 Å². The first kappa shape index (κ1) is 21.4. The van der Waals surface area contributed by atoms with E-state index in [0.29, 0.717) is 29.9 Å². The second-order valence-electron chi connectivity index (χ2n) is 7.83. The van der Waals surface area contributed by atoms with Crippen molar-refractivity contribution in [3.63, 3.8) is 0 Å². The molecule has 1 saturated heterocycles. The third kappa shape index (κ3) is 4.60. The summed E-state index contributed by atoms with van der Waals surface area (Å²) in [6.07, 6.45) is 2.86. The Bertz CT molecular complexity index is 1110. The Labute approximate surface area is 188 Å². The Morgan fingerprint density at radius 3 is 2.74 bits per heavy atom. The first-order chi connectivity index (χ1) is 14.9. The van der Waals surface area contributed by atoms with Gasteiger partial charge in [0.2, 0.25) is 0 Å². The van der Waals surface area contributed by atoms with Crippen LogP contribution in [0.5, 0.6) is 0 Å². The summed E-state index contributed by atoms with van der Waals surface area (Å²) in [5.41, 5.74) is 1.54. The van der Waals surface area contributed by atoms with E-state index in [1.165, 1.54) is 0 Å². The lowest BCUT2D eigenvalue weighted by Gasteiger charge is -2.38. The number of piperidine rings is 1. The van der Waals surface area contributed by atoms with Crippen LogP contribution in [-0.4, -0.2) is 50.9 Å². The average molecular weight is 483 g/mol. The molecule has 0 spiro atoms. The number of nitrogens with one attached hydrogen (secondary N) is 1. The number of halogens is 1. The van der Waals surface area contributed by atoms with E-state index in [4.69, 9.17) is 0 Å². The number of hydrogen-bond acceptors (Lipinski definition) is 5. The summed E-state index contributed by atoms with van der Waals surface area (Å²) in [5.74, 6) is -0.448. The van der Waals surface area contributed by atoms with E-state index in [0.717, 1.165) is 16.3 Å². The van der Waals surface area contributed by atoms with Gasteiger partial charge >= 0.3 is 0 Å². The highest BCUT2D eigenvalue weighted by atomic mass is 79.9. The number of aliphatic hydroxyl groups excluding tert-OH is 1. The molecule has 3 unspecified atom stereocenters. The van der Waals surface area contributed by atoms with Gasteiger partial charge in [-0.25, -0.2) is 4.98 Å². The van der Waals surface area contributed by atoms with Crippen LogP contribution in [0.2, 0.25) is 0 Å². The second kappa shape index (κ2) is 9.11. The summed E-state index contributed by atoms with van der Waals surface area (Å²) < 4.78 is 0.720. The number of nitrogens with zero attached hydrogens (tertiary/aromatic N) is 3. The first-order valence-corrected chi connectivity index (χ1v) is 11.0. The molecule has 0 saturated carbocycles. The molecule has 2 amide bonds. The Balaban J connectivity index is 1.47. The van der Waals surface area contributed by atoms with Gasteiger partial charge in [-0.3, -0.25) is 14.6 Å². The van der Waals surface area contributed by atoms with Crippen LogP contribution in [-0.2, 0) is 4.79 Å². The molecule has 2 N–H and O–H groups in total. The van der Waals surface area contributed by atoms with Gasteiger partial charge in [0.25, 0.3) is 11.8 Å². The summed E-state index contributed by atoms with van der Waals surface area (Å²) in [6, 6.07) is 12.1. The number of aliphatic hydroxyl groups is 1. The Morgan fingerprint density at radius 2 is 1.97 bits per heavy atom. The molecule has 3 aromatic rings. The predicted molar refractivity (Wildman–Crippen MR) is 120 cm³/mol. The van der Waals surface area contributed by atoms with Crippen molar-refractivity contribution in [2.24, 2.45) is 5.92 Å². The van der Waals surface area contributed by atoms with Crippen molar-refractivity contribution in [3.8, 4) is 0 Å². The molecule has 0 bridgehead atoms. The molecule has 1 fully saturated rings. The summed E-state index contributed by atoms with van der Waals surface area (Å²) in [7, 11) is 0. The van der Waals surface area contributed by atoms with Crippen LogP contribution in [0.15, 0.2) is 59.3 Å². The zero-order valence-corrected chi connectivity index (χ0v) is 18.6. The maximum absolute atomic E-state index is 12.9. The molecule has 160 valence electrons. The van der Waals surface area contributed by atoms with Crippen LogP contribution >= 0.6 is 15.9 Å². The zero-order valence-electron chi connectivity index (χ0n) is 17.0. The molecule has 8 heteroatoms. The molecule has 4 rings (SSSR count). The van der Waals surface area contributed by atoms with Crippen LogP contribution in [0.3, 0.4) is 0 Å². The standard InChI is InChI=1S/C23H23BrN4O3/c1-14-9-10-28(23(31)21(29)15-5-3-2-4-6-15)13-19(14)27-22(30)18-8-7-16-11-25-12-17(24)20(16)26-18/h2-8,11-12,14,19,21,29H,9-10,13H2,1H3,(H,27,30). The van der Waals surface area contributed by atoms with E-state index in [9.17, 15) is 14.7 Å². The Hall–Kier alpha value is -2.84. The molecule has 1 aliphatic heterocycles. The maximum Gasteiger partial charge on any atom is 0.270 e. The number of fused-ring (bicyclic) bond motifs is 1. The summed E-state index contributed by atoms with van der Waals surface area (Å²) >= 11 is 3.42. The van der Waals surface area contributed by atoms with Crippen LogP contribution in [0.25, 0.3) is 10.9 Å².